The fraction of sp³-hybridized carbons (Fsp3) is 0.396. The van der Waals surface area contributed by atoms with Crippen LogP contribution in [0.3, 0.4) is 0 Å². The molecule has 127 heavy (non-hydrogen) atoms. The number of alkyl halides is 6. The largest absolute Gasteiger partial charge is 0.518 e. The van der Waals surface area contributed by atoms with E-state index in [1.165, 1.54) is 0 Å². The van der Waals surface area contributed by atoms with Crippen LogP contribution < -0.4 is 22.6 Å². The first-order valence-electron chi connectivity index (χ1n) is 45.3. The zero-order valence-electron chi connectivity index (χ0n) is 76.0. The van der Waals surface area contributed by atoms with Crippen molar-refractivity contribution in [3.63, 3.8) is 0 Å². The molecule has 2 aliphatic heterocycles. The van der Waals surface area contributed by atoms with E-state index in [4.69, 9.17) is 22.6 Å². The lowest BCUT2D eigenvalue weighted by molar-refractivity contribution is -0.0445. The summed E-state index contributed by atoms with van der Waals surface area (Å²) in [6.07, 6.45) is 10.7. The monoisotopic (exact) mass is 1800 g/mol. The molecule has 0 amide bonds. The summed E-state index contributed by atoms with van der Waals surface area (Å²) < 4.78 is 207. The van der Waals surface area contributed by atoms with Crippen LogP contribution in [0.1, 0.15) is 207 Å². The number of halogens is 6. The van der Waals surface area contributed by atoms with Crippen LogP contribution in [0.4, 0.5) is 26.3 Å². The van der Waals surface area contributed by atoms with E-state index in [9.17, 15) is 0 Å². The molecule has 21 heteroatoms. The highest BCUT2D eigenvalue weighted by Crippen LogP contribution is 2.73. The Morgan fingerprint density at radius 1 is 0.299 bits per heavy atom. The molecule has 0 aromatic heterocycles. The highest BCUT2D eigenvalue weighted by atomic mass is 32.2. The molecule has 14 rings (SSSR count). The van der Waals surface area contributed by atoms with E-state index in [0.29, 0.717) is 117 Å². The summed E-state index contributed by atoms with van der Waals surface area (Å²) >= 11 is 0. The highest BCUT2D eigenvalue weighted by molar-refractivity contribution is 7.97. The van der Waals surface area contributed by atoms with Gasteiger partial charge in [-0.1, -0.05) is 285 Å². The number of hydrogen-bond donors (Lipinski definition) is 1. The van der Waals surface area contributed by atoms with Gasteiger partial charge in [0.05, 0.1) is 0 Å². The Balaban J connectivity index is 1.26. The summed E-state index contributed by atoms with van der Waals surface area (Å²) in [6.45, 7) is 34.0. The first-order chi connectivity index (χ1) is 60.1. The molecule has 0 fully saturated rings. The molecule has 11 nitrogen and oxygen atoms in total. The average Bonchev–Trinajstić information content (AvgIpc) is 1.58. The molecule has 12 aromatic rings. The van der Waals surface area contributed by atoms with Crippen molar-refractivity contribution in [2.24, 2.45) is 56.0 Å². The van der Waals surface area contributed by atoms with Crippen molar-refractivity contribution < 1.29 is 61.3 Å². The number of fused-ring (bicyclic) bond motifs is 14. The normalized spacial score (nSPS) is 14.1. The summed E-state index contributed by atoms with van der Waals surface area (Å²) in [7, 11) is -27.3. The van der Waals surface area contributed by atoms with Gasteiger partial charge in [-0.05, 0) is 284 Å². The van der Waals surface area contributed by atoms with Crippen LogP contribution in [0.15, 0.2) is 203 Å². The van der Waals surface area contributed by atoms with Crippen LogP contribution in [0.2, 0.25) is 0 Å². The first kappa shape index (κ1) is 93.9. The van der Waals surface area contributed by atoms with E-state index in [1.807, 2.05) is 138 Å². The van der Waals surface area contributed by atoms with Crippen LogP contribution in [0.5, 0.6) is 23.0 Å². The molecule has 0 atom stereocenters. The standard InChI is InChI=1S/C106H121F6N3O8P2S2/c1-65(2)33-41-73-49-74(42-34-66(3)4)54-85(53-73)93-61-81-25-17-21-29-89(81)97-98-90-30-22-18-26-82(90)62-94(86-55-75(43-35-67(5)6)50-76(56-86)44-36-68(7)8)102(98)121-124(120-101(93)97,114-126(116,117)105(107,108)109)113-125(115-127(118,119)106(110,111)112)122-103-95(87-57-77(45-37-69(9)10)51-78(58-87)46-38-70(11)12)63-83-27-19-23-31-91(83)99(103)100-92-32-24-20-28-84(92)64-96(104(100)123-125)88-59-79(47-39-71(13)14)52-80(60-88)48-40-72(15)16/h17-32,49-72,114H,33-48H2,1-16H3. The van der Waals surface area contributed by atoms with Crippen LogP contribution in [-0.2, 0) is 71.4 Å². The van der Waals surface area contributed by atoms with E-state index < -0.39 is 46.4 Å². The maximum atomic E-state index is 17.0. The third-order valence-electron chi connectivity index (χ3n) is 24.2. The zero-order chi connectivity index (χ0) is 91.0. The predicted octanol–water partition coefficient (Wildman–Crippen LogP) is 32.4. The van der Waals surface area contributed by atoms with E-state index in [-0.39, 0.29) is 115 Å². The number of benzene rings is 12. The second kappa shape index (κ2) is 38.4. The molecule has 0 unspecified atom stereocenters. The highest BCUT2D eigenvalue weighted by Gasteiger charge is 2.56. The SMILES string of the molecule is CC(C)CCc1cc(CCC(C)C)cc(-c2cc3ccccc3c3c2OP(=NS(=O)(=O)C(F)(F)F)(N=P2(NS(=O)(=O)C(F)(F)F)Oc4c(-c5cc(CCC(C)C)cc(CCC(C)C)c5)cc5ccccc5c4-c4c(c(-c5cc(CCC(C)C)cc(CCC(C)C)c5)cc5ccccc45)O2)Oc2c(-c4cc(CCC(C)C)cc(CCC(C)C)c4)cc4ccccc4c2-3)c1. The molecule has 2 heterocycles. The maximum Gasteiger partial charge on any atom is 0.518 e. The minimum atomic E-state index is -7.17. The van der Waals surface area contributed by atoms with Crippen molar-refractivity contribution in [1.29, 1.82) is 0 Å². The van der Waals surface area contributed by atoms with Gasteiger partial charge in [0.25, 0.3) is 0 Å². The fourth-order valence-electron chi connectivity index (χ4n) is 17.2. The van der Waals surface area contributed by atoms with Gasteiger partial charge in [0, 0.05) is 44.5 Å². The summed E-state index contributed by atoms with van der Waals surface area (Å²) in [5.41, 5.74) is -2.09. The second-order valence-corrected chi connectivity index (χ2v) is 46.3. The number of rotatable bonds is 32. The van der Waals surface area contributed by atoms with Gasteiger partial charge in [-0.2, -0.15) is 34.8 Å². The predicted molar refractivity (Wildman–Crippen MR) is 515 cm³/mol. The van der Waals surface area contributed by atoms with Gasteiger partial charge < -0.3 is 18.1 Å². The van der Waals surface area contributed by atoms with Gasteiger partial charge in [0.1, 0.15) is 23.0 Å². The number of nitrogens with zero attached hydrogens (tertiary/aromatic N) is 2. The summed E-state index contributed by atoms with van der Waals surface area (Å²) in [4.78, 5) is 0. The summed E-state index contributed by atoms with van der Waals surface area (Å²) in [6, 6.07) is 61.0. The molecule has 0 bridgehead atoms. The van der Waals surface area contributed by atoms with E-state index in [1.54, 1.807) is 36.4 Å². The molecular weight excluding hydrogens is 1680 g/mol. The fourth-order valence-corrected chi connectivity index (χ4v) is 25.4. The van der Waals surface area contributed by atoms with Gasteiger partial charge in [-0.25, -0.2) is 8.42 Å². The third kappa shape index (κ3) is 21.6. The van der Waals surface area contributed by atoms with Gasteiger partial charge in [-0.15, -0.1) is 9.01 Å². The molecule has 0 aliphatic carbocycles. The van der Waals surface area contributed by atoms with Crippen molar-refractivity contribution in [2.75, 3.05) is 0 Å². The van der Waals surface area contributed by atoms with E-state index in [0.717, 1.165) is 95.9 Å². The minimum absolute atomic E-state index is 0.172. The van der Waals surface area contributed by atoms with Crippen molar-refractivity contribution in [3.05, 3.63) is 239 Å². The number of sulfonamides is 2. The lowest BCUT2D eigenvalue weighted by Gasteiger charge is -2.29. The van der Waals surface area contributed by atoms with Crippen LogP contribution in [0, 0.1) is 47.3 Å². The topological polar surface area (TPSA) is 142 Å². The molecule has 2 aliphatic rings. The molecule has 0 saturated carbocycles. The first-order valence-corrected chi connectivity index (χ1v) is 51.4. The van der Waals surface area contributed by atoms with E-state index in [2.05, 4.69) is 139 Å². The molecule has 672 valence electrons. The third-order valence-corrected chi connectivity index (χ3v) is 32.5. The second-order valence-electron chi connectivity index (χ2n) is 38.5. The van der Waals surface area contributed by atoms with Crippen LogP contribution in [-0.4, -0.2) is 27.9 Å². The Morgan fingerprint density at radius 3 is 0.717 bits per heavy atom. The number of aryl methyl sites for hydroxylation is 8. The quantitative estimate of drug-likeness (QED) is 0.0324. The Morgan fingerprint density at radius 2 is 0.512 bits per heavy atom. The van der Waals surface area contributed by atoms with Crippen molar-refractivity contribution >= 4 is 78.5 Å². The van der Waals surface area contributed by atoms with Gasteiger partial charge >= 0.3 is 46.4 Å². The molecule has 12 aromatic carbocycles. The summed E-state index contributed by atoms with van der Waals surface area (Å²) in [5.74, 6) is 0.656. The Bertz CT molecular complexity index is 6040. The average molecular weight is 1810 g/mol. The van der Waals surface area contributed by atoms with Crippen molar-refractivity contribution in [1.82, 2.24) is 4.49 Å². The Kier molecular flexibility index (Phi) is 28.4. The number of nitrogens with one attached hydrogen (secondary N) is 1. The molecule has 1 N–H and O–H groups in total. The molecule has 0 saturated heterocycles. The van der Waals surface area contributed by atoms with E-state index >= 15 is 43.2 Å². The lowest BCUT2D eigenvalue weighted by atomic mass is 9.85. The Labute approximate surface area is 748 Å². The smallest absolute Gasteiger partial charge is 0.417 e. The Hall–Kier alpha value is -9.22. The van der Waals surface area contributed by atoms with Crippen molar-refractivity contribution in [2.45, 2.75) is 225 Å². The number of hydrogen-bond acceptors (Lipinski definition) is 8. The zero-order valence-corrected chi connectivity index (χ0v) is 79.5. The molecule has 0 radical (unpaired) electrons. The van der Waals surface area contributed by atoms with Gasteiger partial charge in [0.2, 0.25) is 0 Å². The van der Waals surface area contributed by atoms with Crippen molar-refractivity contribution in [3.8, 4) is 89.8 Å². The summed E-state index contributed by atoms with van der Waals surface area (Å²) in [5, 5.41) is 4.11. The lowest BCUT2D eigenvalue weighted by Crippen LogP contribution is -2.37. The molecular formula is C106H121F6N3O8P2S2. The van der Waals surface area contributed by atoms with Crippen LogP contribution >= 0.6 is 15.3 Å². The van der Waals surface area contributed by atoms with Crippen LogP contribution in [0.25, 0.3) is 110 Å². The minimum Gasteiger partial charge on any atom is -0.417 e. The van der Waals surface area contributed by atoms with Gasteiger partial charge in [-0.3, -0.25) is 0 Å². The molecule has 0 spiro atoms. The van der Waals surface area contributed by atoms with Gasteiger partial charge in [0.15, 0.2) is 0 Å². The maximum absolute atomic E-state index is 17.0.